The van der Waals surface area contributed by atoms with E-state index in [4.69, 9.17) is 4.74 Å². The van der Waals surface area contributed by atoms with E-state index in [-0.39, 0.29) is 5.91 Å². The number of amides is 1. The third-order valence-corrected chi connectivity index (χ3v) is 2.19. The topological polar surface area (TPSA) is 38.3 Å². The molecule has 1 N–H and O–H groups in total. The summed E-state index contributed by atoms with van der Waals surface area (Å²) in [6.07, 6.45) is 2.67. The lowest BCUT2D eigenvalue weighted by atomic mass is 9.99. The van der Waals surface area contributed by atoms with Gasteiger partial charge in [-0.05, 0) is 19.8 Å². The third-order valence-electron chi connectivity index (χ3n) is 2.19. The van der Waals surface area contributed by atoms with Crippen LogP contribution in [-0.4, -0.2) is 25.2 Å². The SMILES string of the molecule is CCCNC(=O)C(C)(CCC)OC. The maximum absolute atomic E-state index is 11.6. The summed E-state index contributed by atoms with van der Waals surface area (Å²) in [6, 6.07) is 0. The van der Waals surface area contributed by atoms with Gasteiger partial charge in [0.05, 0.1) is 0 Å². The molecule has 1 unspecified atom stereocenters. The fourth-order valence-electron chi connectivity index (χ4n) is 1.21. The van der Waals surface area contributed by atoms with Crippen LogP contribution in [0.3, 0.4) is 0 Å². The largest absolute Gasteiger partial charge is 0.369 e. The van der Waals surface area contributed by atoms with E-state index in [0.717, 1.165) is 25.8 Å². The Morgan fingerprint density at radius 3 is 2.38 bits per heavy atom. The monoisotopic (exact) mass is 187 g/mol. The first-order chi connectivity index (χ1) is 6.10. The summed E-state index contributed by atoms with van der Waals surface area (Å²) < 4.78 is 5.23. The fourth-order valence-corrected chi connectivity index (χ4v) is 1.21. The van der Waals surface area contributed by atoms with Gasteiger partial charge in [0.1, 0.15) is 5.60 Å². The van der Waals surface area contributed by atoms with E-state index in [0.29, 0.717) is 0 Å². The maximum atomic E-state index is 11.6. The van der Waals surface area contributed by atoms with Gasteiger partial charge in [-0.1, -0.05) is 20.3 Å². The van der Waals surface area contributed by atoms with Crippen LogP contribution in [0.15, 0.2) is 0 Å². The second kappa shape index (κ2) is 5.97. The molecular weight excluding hydrogens is 166 g/mol. The van der Waals surface area contributed by atoms with Gasteiger partial charge in [-0.25, -0.2) is 0 Å². The predicted octanol–water partition coefficient (Wildman–Crippen LogP) is 1.72. The van der Waals surface area contributed by atoms with Crippen LogP contribution in [0.5, 0.6) is 0 Å². The normalized spacial score (nSPS) is 15.1. The minimum Gasteiger partial charge on any atom is -0.369 e. The Bertz CT molecular complexity index is 159. The average molecular weight is 187 g/mol. The highest BCUT2D eigenvalue weighted by Crippen LogP contribution is 2.16. The number of methoxy groups -OCH3 is 1. The van der Waals surface area contributed by atoms with Crippen molar-refractivity contribution in [1.82, 2.24) is 5.32 Å². The van der Waals surface area contributed by atoms with E-state index < -0.39 is 5.60 Å². The molecule has 0 aromatic rings. The van der Waals surface area contributed by atoms with Crippen LogP contribution < -0.4 is 5.32 Å². The van der Waals surface area contributed by atoms with Crippen LogP contribution in [0.25, 0.3) is 0 Å². The molecule has 0 aromatic heterocycles. The molecule has 0 aromatic carbocycles. The summed E-state index contributed by atoms with van der Waals surface area (Å²) >= 11 is 0. The summed E-state index contributed by atoms with van der Waals surface area (Å²) in [5.74, 6) is -0.00120. The number of ether oxygens (including phenoxy) is 1. The van der Waals surface area contributed by atoms with Crippen molar-refractivity contribution < 1.29 is 9.53 Å². The second-order valence-electron chi connectivity index (χ2n) is 3.44. The number of nitrogens with one attached hydrogen (secondary N) is 1. The zero-order valence-electron chi connectivity index (χ0n) is 9.14. The van der Waals surface area contributed by atoms with Crippen molar-refractivity contribution in [3.05, 3.63) is 0 Å². The quantitative estimate of drug-likeness (QED) is 0.687. The molecule has 3 heteroatoms. The molecule has 78 valence electrons. The predicted molar refractivity (Wildman–Crippen MR) is 53.6 cm³/mol. The lowest BCUT2D eigenvalue weighted by Gasteiger charge is -2.26. The zero-order chi connectivity index (χ0) is 10.3. The summed E-state index contributed by atoms with van der Waals surface area (Å²) in [7, 11) is 1.58. The molecule has 0 aliphatic rings. The average Bonchev–Trinajstić information content (AvgIpc) is 2.14. The Labute approximate surface area is 80.8 Å². The minimum absolute atomic E-state index is 0.00120. The van der Waals surface area contributed by atoms with E-state index in [1.54, 1.807) is 7.11 Å². The molecular formula is C10H21NO2. The summed E-state index contributed by atoms with van der Waals surface area (Å²) in [5.41, 5.74) is -0.649. The van der Waals surface area contributed by atoms with Crippen molar-refractivity contribution in [3.8, 4) is 0 Å². The number of hydrogen-bond donors (Lipinski definition) is 1. The minimum atomic E-state index is -0.649. The molecule has 0 aliphatic heterocycles. The highest BCUT2D eigenvalue weighted by atomic mass is 16.5. The van der Waals surface area contributed by atoms with Crippen molar-refractivity contribution in [1.29, 1.82) is 0 Å². The van der Waals surface area contributed by atoms with Gasteiger partial charge >= 0.3 is 0 Å². The summed E-state index contributed by atoms with van der Waals surface area (Å²) in [5, 5.41) is 2.84. The maximum Gasteiger partial charge on any atom is 0.251 e. The van der Waals surface area contributed by atoms with Gasteiger partial charge in [-0.3, -0.25) is 4.79 Å². The van der Waals surface area contributed by atoms with E-state index in [1.807, 2.05) is 20.8 Å². The van der Waals surface area contributed by atoms with Crippen molar-refractivity contribution in [2.45, 2.75) is 45.6 Å². The van der Waals surface area contributed by atoms with E-state index in [9.17, 15) is 4.79 Å². The van der Waals surface area contributed by atoms with Gasteiger partial charge in [-0.2, -0.15) is 0 Å². The fraction of sp³-hybridized carbons (Fsp3) is 0.900. The molecule has 1 amide bonds. The summed E-state index contributed by atoms with van der Waals surface area (Å²) in [4.78, 5) is 11.6. The van der Waals surface area contributed by atoms with E-state index in [1.165, 1.54) is 0 Å². The molecule has 0 saturated heterocycles. The molecule has 13 heavy (non-hydrogen) atoms. The molecule has 0 radical (unpaired) electrons. The van der Waals surface area contributed by atoms with Gasteiger partial charge in [0, 0.05) is 13.7 Å². The van der Waals surface area contributed by atoms with Crippen molar-refractivity contribution in [2.24, 2.45) is 0 Å². The molecule has 0 bridgehead atoms. The Morgan fingerprint density at radius 2 is 2.00 bits per heavy atom. The molecule has 0 rings (SSSR count). The number of carbonyl (C=O) groups excluding carboxylic acids is 1. The molecule has 0 aliphatic carbocycles. The zero-order valence-corrected chi connectivity index (χ0v) is 9.14. The first-order valence-corrected chi connectivity index (χ1v) is 4.94. The standard InChI is InChI=1S/C10H21NO2/c1-5-7-10(3,13-4)9(12)11-8-6-2/h5-8H2,1-4H3,(H,11,12). The van der Waals surface area contributed by atoms with Gasteiger partial charge in [0.15, 0.2) is 0 Å². The van der Waals surface area contributed by atoms with Crippen molar-refractivity contribution >= 4 is 5.91 Å². The highest BCUT2D eigenvalue weighted by molar-refractivity contribution is 5.84. The van der Waals surface area contributed by atoms with Gasteiger partial charge < -0.3 is 10.1 Å². The highest BCUT2D eigenvalue weighted by Gasteiger charge is 2.31. The molecule has 0 heterocycles. The van der Waals surface area contributed by atoms with Crippen LogP contribution in [-0.2, 0) is 9.53 Å². The Morgan fingerprint density at radius 1 is 1.38 bits per heavy atom. The van der Waals surface area contributed by atoms with E-state index >= 15 is 0 Å². The molecule has 0 saturated carbocycles. The van der Waals surface area contributed by atoms with Gasteiger partial charge in [0.2, 0.25) is 0 Å². The van der Waals surface area contributed by atoms with Crippen LogP contribution in [0.2, 0.25) is 0 Å². The Hall–Kier alpha value is -0.570. The van der Waals surface area contributed by atoms with Crippen LogP contribution in [0, 0.1) is 0 Å². The first-order valence-electron chi connectivity index (χ1n) is 4.94. The lowest BCUT2D eigenvalue weighted by molar-refractivity contribution is -0.142. The Balaban J connectivity index is 4.12. The van der Waals surface area contributed by atoms with Gasteiger partial charge in [-0.15, -0.1) is 0 Å². The number of hydrogen-bond acceptors (Lipinski definition) is 2. The van der Waals surface area contributed by atoms with E-state index in [2.05, 4.69) is 5.32 Å². The molecule has 0 fully saturated rings. The summed E-state index contributed by atoms with van der Waals surface area (Å²) in [6.45, 7) is 6.64. The molecule has 1 atom stereocenters. The number of carbonyl (C=O) groups is 1. The lowest BCUT2D eigenvalue weighted by Crippen LogP contribution is -2.46. The Kier molecular flexibility index (Phi) is 5.71. The molecule has 0 spiro atoms. The van der Waals surface area contributed by atoms with Crippen LogP contribution in [0.4, 0.5) is 0 Å². The van der Waals surface area contributed by atoms with Crippen LogP contribution >= 0.6 is 0 Å². The number of rotatable bonds is 6. The van der Waals surface area contributed by atoms with Crippen molar-refractivity contribution in [3.63, 3.8) is 0 Å². The van der Waals surface area contributed by atoms with Crippen LogP contribution in [0.1, 0.15) is 40.0 Å². The molecule has 3 nitrogen and oxygen atoms in total. The third kappa shape index (κ3) is 3.77. The van der Waals surface area contributed by atoms with Crippen molar-refractivity contribution in [2.75, 3.05) is 13.7 Å². The smallest absolute Gasteiger partial charge is 0.251 e. The second-order valence-corrected chi connectivity index (χ2v) is 3.44. The first kappa shape index (κ1) is 12.4. The van der Waals surface area contributed by atoms with Gasteiger partial charge in [0.25, 0.3) is 5.91 Å².